The van der Waals surface area contributed by atoms with Gasteiger partial charge in [0.25, 0.3) is 11.8 Å². The van der Waals surface area contributed by atoms with Crippen LogP contribution in [0.25, 0.3) is 0 Å². The number of nitrogens with one attached hydrogen (secondary N) is 2. The lowest BCUT2D eigenvalue weighted by atomic mass is 9.97. The highest BCUT2D eigenvalue weighted by Crippen LogP contribution is 2.37. The van der Waals surface area contributed by atoms with Crippen molar-refractivity contribution in [1.82, 2.24) is 10.2 Å². The molecule has 2 heterocycles. The summed E-state index contributed by atoms with van der Waals surface area (Å²) in [6.45, 7) is 10.6. The van der Waals surface area contributed by atoms with Gasteiger partial charge in [0.1, 0.15) is 24.1 Å². The zero-order valence-corrected chi connectivity index (χ0v) is 45.5. The number of carbonyl (C=O) groups excluding carboxylic acids is 4. The van der Waals surface area contributed by atoms with E-state index in [0.29, 0.717) is 190 Å². The van der Waals surface area contributed by atoms with Crippen molar-refractivity contribution in [1.29, 1.82) is 0 Å². The van der Waals surface area contributed by atoms with Crippen LogP contribution in [0.3, 0.4) is 0 Å². The molecule has 3 rings (SSSR count). The Bertz CT molecular complexity index is 1800. The zero-order chi connectivity index (χ0) is 56.3. The number of rotatable bonds is 51. The highest BCUT2D eigenvalue weighted by Gasteiger charge is 2.45. The molecule has 0 radical (unpaired) electrons. The van der Waals surface area contributed by atoms with E-state index in [2.05, 4.69) is 10.6 Å². The maximum atomic E-state index is 12.3. The van der Waals surface area contributed by atoms with E-state index in [9.17, 15) is 39.1 Å². The Hall–Kier alpha value is -3.65. The van der Waals surface area contributed by atoms with E-state index in [4.69, 9.17) is 76.1 Å². The van der Waals surface area contributed by atoms with Crippen molar-refractivity contribution in [2.45, 2.75) is 69.2 Å². The summed E-state index contributed by atoms with van der Waals surface area (Å²) in [5.74, 6) is -0.695. The monoisotopic (exact) mass is 1140 g/mol. The van der Waals surface area contributed by atoms with E-state index in [1.807, 2.05) is 0 Å². The van der Waals surface area contributed by atoms with Gasteiger partial charge in [-0.15, -0.1) is 0 Å². The summed E-state index contributed by atoms with van der Waals surface area (Å²) in [6.07, 6.45) is -3.17. The summed E-state index contributed by atoms with van der Waals surface area (Å²) in [5.41, 5.74) is 0.462. The third-order valence-corrected chi connectivity index (χ3v) is 11.9. The normalized spacial score (nSPS) is 18.5. The Labute approximate surface area is 455 Å². The quantitative estimate of drug-likeness (QED) is 0.0247. The molecule has 448 valence electrons. The number of ether oxygens (including phenoxy) is 14. The number of benzene rings is 1. The molecule has 1 fully saturated rings. The van der Waals surface area contributed by atoms with Crippen LogP contribution in [0.2, 0.25) is 0 Å². The number of nitrogens with zero attached hydrogens (tertiary/aromatic N) is 1. The molecule has 2 aliphatic rings. The fraction of sp³-hybridized carbons (Fsp3) is 0.760. The number of carbonyl (C=O) groups is 4. The molecule has 28 heteroatoms. The van der Waals surface area contributed by atoms with Gasteiger partial charge in [-0.3, -0.25) is 28.6 Å². The second-order valence-electron chi connectivity index (χ2n) is 17.3. The molecule has 4 amide bonds. The smallest absolute Gasteiger partial charge is 0.325 e. The van der Waals surface area contributed by atoms with Gasteiger partial charge in [-0.05, 0) is 43.5 Å². The van der Waals surface area contributed by atoms with E-state index in [-0.39, 0.29) is 48.8 Å². The maximum absolute atomic E-state index is 12.3. The maximum Gasteiger partial charge on any atom is 0.325 e. The molecule has 0 saturated carbocycles. The Balaban J connectivity index is 0.937. The molecule has 0 aliphatic carbocycles. The number of anilines is 1. The molecular weight excluding hydrogens is 1060 g/mol. The van der Waals surface area contributed by atoms with Gasteiger partial charge in [-0.1, -0.05) is 6.42 Å². The molecule has 0 spiro atoms. The first-order valence-corrected chi connectivity index (χ1v) is 28.2. The van der Waals surface area contributed by atoms with Crippen molar-refractivity contribution in [2.24, 2.45) is 0 Å². The van der Waals surface area contributed by atoms with Crippen LogP contribution in [-0.4, -0.2) is 262 Å². The van der Waals surface area contributed by atoms with E-state index in [0.717, 1.165) is 6.42 Å². The summed E-state index contributed by atoms with van der Waals surface area (Å²) in [7, 11) is -4.38. The van der Waals surface area contributed by atoms with Crippen molar-refractivity contribution < 1.29 is 115 Å². The molecule has 5 atom stereocenters. The van der Waals surface area contributed by atoms with Gasteiger partial charge in [-0.25, -0.2) is 0 Å². The molecule has 1 aromatic rings. The van der Waals surface area contributed by atoms with E-state index < -0.39 is 44.5 Å². The van der Waals surface area contributed by atoms with Crippen LogP contribution in [-0.2, 0) is 85.3 Å². The SMILES string of the molecule is O=C(CCCCCN1C(=O)C=CC1=O)NCCOCCOCCOCCOCCOCCOCCOCCOCCOCCOCCOCCOCCC(=O)Nc1ccc(O[C@H]2O[C@H](CCP(=O)(O)O)[C@@H](O)[C@H](O)[C@@H]2O)cc1. The highest BCUT2D eigenvalue weighted by molar-refractivity contribution is 7.51. The Morgan fingerprint density at radius 2 is 0.923 bits per heavy atom. The van der Waals surface area contributed by atoms with E-state index >= 15 is 0 Å². The highest BCUT2D eigenvalue weighted by atomic mass is 31.2. The third kappa shape index (κ3) is 34.5. The molecule has 0 bridgehead atoms. The summed E-state index contributed by atoms with van der Waals surface area (Å²) in [5, 5.41) is 36.2. The van der Waals surface area contributed by atoms with Gasteiger partial charge in [0, 0.05) is 37.3 Å². The Morgan fingerprint density at radius 3 is 1.35 bits per heavy atom. The summed E-state index contributed by atoms with van der Waals surface area (Å²) in [4.78, 5) is 66.8. The van der Waals surface area contributed by atoms with Gasteiger partial charge in [0.15, 0.2) is 0 Å². The van der Waals surface area contributed by atoms with Crippen LogP contribution >= 0.6 is 7.60 Å². The second-order valence-corrected chi connectivity index (χ2v) is 19.1. The van der Waals surface area contributed by atoms with Crippen LogP contribution in [0.5, 0.6) is 5.75 Å². The molecular formula is C50H84N3O24P. The number of aliphatic hydroxyl groups is 3. The average molecular weight is 1140 g/mol. The number of imide groups is 1. The summed E-state index contributed by atoms with van der Waals surface area (Å²) < 4.78 is 88.2. The van der Waals surface area contributed by atoms with Crippen LogP contribution in [0.4, 0.5) is 5.69 Å². The predicted octanol–water partition coefficient (Wildman–Crippen LogP) is -0.430. The minimum Gasteiger partial charge on any atom is -0.462 e. The topological polar surface area (TPSA) is 343 Å². The van der Waals surface area contributed by atoms with Gasteiger partial charge in [0.05, 0.1) is 177 Å². The average Bonchev–Trinajstić information content (AvgIpc) is 3.75. The van der Waals surface area contributed by atoms with Crippen molar-refractivity contribution in [3.8, 4) is 5.75 Å². The first-order chi connectivity index (χ1) is 37.8. The molecule has 2 aliphatic heterocycles. The van der Waals surface area contributed by atoms with Gasteiger partial charge in [0.2, 0.25) is 18.1 Å². The minimum absolute atomic E-state index is 0.0566. The fourth-order valence-electron chi connectivity index (χ4n) is 6.94. The third-order valence-electron chi connectivity index (χ3n) is 11.1. The van der Waals surface area contributed by atoms with E-state index in [1.54, 1.807) is 12.1 Å². The van der Waals surface area contributed by atoms with E-state index in [1.165, 1.54) is 29.2 Å². The number of unbranched alkanes of at least 4 members (excludes halogenated alkanes) is 2. The van der Waals surface area contributed by atoms with Crippen molar-refractivity contribution in [2.75, 3.05) is 183 Å². The van der Waals surface area contributed by atoms with Crippen molar-refractivity contribution in [3.63, 3.8) is 0 Å². The zero-order valence-electron chi connectivity index (χ0n) is 44.6. The molecule has 1 saturated heterocycles. The lowest BCUT2D eigenvalue weighted by Gasteiger charge is -2.40. The van der Waals surface area contributed by atoms with Crippen LogP contribution in [0, 0.1) is 0 Å². The first-order valence-electron chi connectivity index (χ1n) is 26.4. The molecule has 78 heavy (non-hydrogen) atoms. The minimum atomic E-state index is -4.38. The van der Waals surface area contributed by atoms with Gasteiger partial charge in [-0.2, -0.15) is 0 Å². The molecule has 7 N–H and O–H groups in total. The fourth-order valence-corrected chi connectivity index (χ4v) is 7.53. The number of hydrogen-bond donors (Lipinski definition) is 7. The predicted molar refractivity (Wildman–Crippen MR) is 276 cm³/mol. The molecule has 0 aromatic heterocycles. The number of amides is 4. The molecule has 0 unspecified atom stereocenters. The number of hydrogen-bond acceptors (Lipinski definition) is 22. The van der Waals surface area contributed by atoms with Gasteiger partial charge < -0.3 is 102 Å². The Morgan fingerprint density at radius 1 is 0.513 bits per heavy atom. The molecule has 27 nitrogen and oxygen atoms in total. The lowest BCUT2D eigenvalue weighted by molar-refractivity contribution is -0.272. The van der Waals surface area contributed by atoms with Crippen molar-refractivity contribution in [3.05, 3.63) is 36.4 Å². The van der Waals surface area contributed by atoms with Crippen LogP contribution in [0.1, 0.15) is 38.5 Å². The van der Waals surface area contributed by atoms with Crippen molar-refractivity contribution >= 4 is 36.9 Å². The van der Waals surface area contributed by atoms with Crippen LogP contribution < -0.4 is 15.4 Å². The summed E-state index contributed by atoms with van der Waals surface area (Å²) in [6, 6.07) is 6.08. The first kappa shape index (κ1) is 68.6. The lowest BCUT2D eigenvalue weighted by Crippen LogP contribution is -2.59. The molecule has 1 aromatic carbocycles. The summed E-state index contributed by atoms with van der Waals surface area (Å²) >= 11 is 0. The van der Waals surface area contributed by atoms with Crippen LogP contribution in [0.15, 0.2) is 36.4 Å². The van der Waals surface area contributed by atoms with Gasteiger partial charge >= 0.3 is 7.60 Å². The standard InChI is InChI=1S/C50H84N3O24P/c54-43(4-2-1-3-14-53-45(56)9-10-46(53)57)51-13-16-65-18-20-67-22-24-69-26-28-71-30-32-73-34-36-75-38-37-74-35-33-72-31-29-70-27-25-68-23-21-66-19-17-64-15-11-44(55)52-40-5-7-41(8-6-40)76-50-49(60)48(59)47(58)42(77-50)12-39-78(61,62)63/h5-10,42,47-50,58-60H,1-4,11-39H2,(H,51,54)(H,52,55)(H2,61,62,63)/t42-,47-,48+,49+,50+/m1/s1. The second kappa shape index (κ2) is 44.1. The Kier molecular flexibility index (Phi) is 38.8. The number of aliphatic hydroxyl groups excluding tert-OH is 3. The largest absolute Gasteiger partial charge is 0.462 e.